The summed E-state index contributed by atoms with van der Waals surface area (Å²) in [5.74, 6) is 0.379. The fourth-order valence-corrected chi connectivity index (χ4v) is 4.37. The first-order valence-corrected chi connectivity index (χ1v) is 12.0. The summed E-state index contributed by atoms with van der Waals surface area (Å²) in [5, 5.41) is 11.3. The van der Waals surface area contributed by atoms with Gasteiger partial charge in [-0.2, -0.15) is 0 Å². The third-order valence-corrected chi connectivity index (χ3v) is 6.41. The van der Waals surface area contributed by atoms with Crippen LogP contribution in [-0.2, 0) is 11.4 Å². The van der Waals surface area contributed by atoms with E-state index in [2.05, 4.69) is 21.0 Å². The minimum absolute atomic E-state index is 0.0288. The van der Waals surface area contributed by atoms with Gasteiger partial charge in [-0.25, -0.2) is 0 Å². The van der Waals surface area contributed by atoms with E-state index in [4.69, 9.17) is 16.3 Å². The summed E-state index contributed by atoms with van der Waals surface area (Å²) in [6.07, 6.45) is 0. The van der Waals surface area contributed by atoms with Gasteiger partial charge in [0.05, 0.1) is 15.7 Å². The first-order valence-electron chi connectivity index (χ1n) is 9.74. The molecule has 168 valence electrons. The van der Waals surface area contributed by atoms with Crippen molar-refractivity contribution in [2.45, 2.75) is 11.8 Å². The van der Waals surface area contributed by atoms with Gasteiger partial charge in [-0.3, -0.25) is 25.0 Å². The maximum atomic E-state index is 12.3. The van der Waals surface area contributed by atoms with Crippen molar-refractivity contribution in [2.75, 3.05) is 5.75 Å². The number of nitrogens with zero attached hydrogens (tertiary/aromatic N) is 3. The summed E-state index contributed by atoms with van der Waals surface area (Å²) in [6, 6.07) is 20.1. The molecule has 4 rings (SSSR count). The average molecular weight is 500 g/mol. The average Bonchev–Trinajstić information content (AvgIpc) is 3.51. The fourth-order valence-electron chi connectivity index (χ4n) is 2.79. The highest BCUT2D eigenvalue weighted by Gasteiger charge is 2.17. The Labute approximate surface area is 202 Å². The smallest absolute Gasteiger partial charge is 0.279 e. The Hall–Kier alpha value is -3.34. The van der Waals surface area contributed by atoms with E-state index in [0.29, 0.717) is 26.6 Å². The minimum Gasteiger partial charge on any atom is -0.484 e. The number of halogens is 1. The van der Waals surface area contributed by atoms with Crippen LogP contribution in [0.5, 0.6) is 5.75 Å². The molecule has 2 N–H and O–H groups in total. The van der Waals surface area contributed by atoms with Crippen molar-refractivity contribution >= 4 is 46.5 Å². The molecule has 8 nitrogen and oxygen atoms in total. The Balaban J connectivity index is 1.43. The van der Waals surface area contributed by atoms with E-state index in [9.17, 15) is 9.59 Å². The highest BCUT2D eigenvalue weighted by atomic mass is 35.5. The maximum Gasteiger partial charge on any atom is 0.279 e. The molecule has 0 aliphatic carbocycles. The molecule has 0 unspecified atom stereocenters. The normalized spacial score (nSPS) is 10.6. The van der Waals surface area contributed by atoms with E-state index in [1.807, 2.05) is 47.0 Å². The second kappa shape index (κ2) is 11.0. The largest absolute Gasteiger partial charge is 0.484 e. The molecule has 0 atom stereocenters. The Morgan fingerprint density at radius 1 is 1.00 bits per heavy atom. The van der Waals surface area contributed by atoms with Gasteiger partial charge in [0.2, 0.25) is 5.91 Å². The van der Waals surface area contributed by atoms with E-state index in [1.165, 1.54) is 23.1 Å². The lowest BCUT2D eigenvalue weighted by molar-refractivity contribution is -0.119. The Bertz CT molecular complexity index is 1230. The van der Waals surface area contributed by atoms with Gasteiger partial charge >= 0.3 is 0 Å². The molecular weight excluding hydrogens is 482 g/mol. The van der Waals surface area contributed by atoms with Crippen LogP contribution in [0.4, 0.5) is 0 Å². The van der Waals surface area contributed by atoms with E-state index in [-0.39, 0.29) is 24.2 Å². The number of hydrogen-bond acceptors (Lipinski definition) is 7. The number of nitrogens with one attached hydrogen (secondary N) is 2. The standard InChI is InChI=1S/C22H18ClN5O3S2/c23-16-9-4-5-10-17(16)31-13-19-24-27-22(28(19)15-7-2-1-3-8-15)33-14-20(29)25-26-21(30)18-11-6-12-32-18/h1-12H,13-14H2,(H,25,29)(H,26,30). The highest BCUT2D eigenvalue weighted by molar-refractivity contribution is 7.99. The van der Waals surface area contributed by atoms with Crippen LogP contribution in [0.2, 0.25) is 5.02 Å². The van der Waals surface area contributed by atoms with Crippen LogP contribution in [0.15, 0.2) is 77.3 Å². The van der Waals surface area contributed by atoms with Gasteiger partial charge in [0.1, 0.15) is 12.4 Å². The highest BCUT2D eigenvalue weighted by Crippen LogP contribution is 2.26. The summed E-state index contributed by atoms with van der Waals surface area (Å²) in [4.78, 5) is 24.7. The number of ether oxygens (including phenoxy) is 1. The zero-order chi connectivity index (χ0) is 23.0. The molecular formula is C22H18ClN5O3S2. The van der Waals surface area contributed by atoms with Crippen molar-refractivity contribution in [3.05, 3.63) is 87.8 Å². The number of thiophene rings is 1. The second-order valence-corrected chi connectivity index (χ2v) is 8.85. The number of para-hydroxylation sites is 2. The van der Waals surface area contributed by atoms with E-state index in [1.54, 1.807) is 29.6 Å². The van der Waals surface area contributed by atoms with Gasteiger partial charge in [-0.1, -0.05) is 59.8 Å². The summed E-state index contributed by atoms with van der Waals surface area (Å²) >= 11 is 8.66. The van der Waals surface area contributed by atoms with Gasteiger partial charge < -0.3 is 4.74 Å². The SMILES string of the molecule is O=C(CSc1nnc(COc2ccccc2Cl)n1-c1ccccc1)NNC(=O)c1cccs1. The lowest BCUT2D eigenvalue weighted by Gasteiger charge is -2.12. The van der Waals surface area contributed by atoms with Crippen LogP contribution in [0.3, 0.4) is 0 Å². The molecule has 2 aromatic heterocycles. The lowest BCUT2D eigenvalue weighted by atomic mass is 10.3. The molecule has 0 radical (unpaired) electrons. The van der Waals surface area contributed by atoms with E-state index >= 15 is 0 Å². The number of aromatic nitrogens is 3. The van der Waals surface area contributed by atoms with Gasteiger partial charge in [-0.05, 0) is 35.7 Å². The Morgan fingerprint density at radius 3 is 2.55 bits per heavy atom. The molecule has 4 aromatic rings. The van der Waals surface area contributed by atoms with E-state index in [0.717, 1.165) is 5.69 Å². The molecule has 0 bridgehead atoms. The molecule has 0 spiro atoms. The first kappa shape index (κ1) is 22.8. The Kier molecular flexibility index (Phi) is 7.61. The van der Waals surface area contributed by atoms with Crippen molar-refractivity contribution in [1.82, 2.24) is 25.6 Å². The number of thioether (sulfide) groups is 1. The molecule has 0 aliphatic heterocycles. The second-order valence-electron chi connectivity index (χ2n) is 6.56. The molecule has 0 saturated carbocycles. The van der Waals surface area contributed by atoms with Crippen molar-refractivity contribution in [1.29, 1.82) is 0 Å². The van der Waals surface area contributed by atoms with Crippen LogP contribution >= 0.6 is 34.7 Å². The third kappa shape index (κ3) is 5.92. The topological polar surface area (TPSA) is 98.1 Å². The number of benzene rings is 2. The van der Waals surface area contributed by atoms with Crippen LogP contribution in [0, 0.1) is 0 Å². The monoisotopic (exact) mass is 499 g/mol. The van der Waals surface area contributed by atoms with Crippen molar-refractivity contribution in [3.8, 4) is 11.4 Å². The maximum absolute atomic E-state index is 12.3. The predicted molar refractivity (Wildman–Crippen MR) is 128 cm³/mol. The van der Waals surface area contributed by atoms with Crippen LogP contribution < -0.4 is 15.6 Å². The van der Waals surface area contributed by atoms with Gasteiger partial charge in [-0.15, -0.1) is 21.5 Å². The zero-order valence-corrected chi connectivity index (χ0v) is 19.5. The number of rotatable bonds is 8. The van der Waals surface area contributed by atoms with Crippen molar-refractivity contribution < 1.29 is 14.3 Å². The zero-order valence-electron chi connectivity index (χ0n) is 17.1. The van der Waals surface area contributed by atoms with Crippen LogP contribution in [0.1, 0.15) is 15.5 Å². The van der Waals surface area contributed by atoms with Gasteiger partial charge in [0, 0.05) is 5.69 Å². The molecule has 0 fully saturated rings. The molecule has 11 heteroatoms. The van der Waals surface area contributed by atoms with E-state index < -0.39 is 0 Å². The number of carbonyl (C=O) groups excluding carboxylic acids is 2. The van der Waals surface area contributed by atoms with Crippen LogP contribution in [-0.4, -0.2) is 32.3 Å². The van der Waals surface area contributed by atoms with Gasteiger partial charge in [0.25, 0.3) is 5.91 Å². The van der Waals surface area contributed by atoms with Crippen molar-refractivity contribution in [2.24, 2.45) is 0 Å². The predicted octanol–water partition coefficient (Wildman–Crippen LogP) is 4.11. The molecule has 33 heavy (non-hydrogen) atoms. The molecule has 2 amide bonds. The summed E-state index contributed by atoms with van der Waals surface area (Å²) in [5.41, 5.74) is 5.64. The molecule has 0 aliphatic rings. The minimum atomic E-state index is -0.374. The lowest BCUT2D eigenvalue weighted by Crippen LogP contribution is -2.42. The Morgan fingerprint density at radius 2 is 1.79 bits per heavy atom. The van der Waals surface area contributed by atoms with Gasteiger partial charge in [0.15, 0.2) is 11.0 Å². The van der Waals surface area contributed by atoms with Crippen LogP contribution in [0.25, 0.3) is 5.69 Å². The first-order chi connectivity index (χ1) is 16.1. The number of hydrogen-bond donors (Lipinski definition) is 2. The number of amides is 2. The number of hydrazine groups is 1. The number of carbonyl (C=O) groups is 2. The molecule has 0 saturated heterocycles. The summed E-state index contributed by atoms with van der Waals surface area (Å²) < 4.78 is 7.65. The summed E-state index contributed by atoms with van der Waals surface area (Å²) in [7, 11) is 0. The molecule has 2 heterocycles. The fraction of sp³-hybridized carbons (Fsp3) is 0.0909. The van der Waals surface area contributed by atoms with Crippen molar-refractivity contribution in [3.63, 3.8) is 0 Å². The quantitative estimate of drug-likeness (QED) is 0.279. The molecule has 2 aromatic carbocycles. The third-order valence-electron chi connectivity index (χ3n) is 4.30. The summed E-state index contributed by atoms with van der Waals surface area (Å²) in [6.45, 7) is 0.134.